The van der Waals surface area contributed by atoms with Crippen molar-refractivity contribution in [2.75, 3.05) is 18.5 Å². The number of aryl methyl sites for hydroxylation is 2. The molecule has 10 heteroatoms. The van der Waals surface area contributed by atoms with Gasteiger partial charge in [-0.25, -0.2) is 14.3 Å². The number of fused-ring (bicyclic) bond motifs is 2. The minimum absolute atomic E-state index is 0.0569. The molecule has 5 rings (SSSR count). The van der Waals surface area contributed by atoms with Crippen LogP contribution in [0.2, 0.25) is 0 Å². The number of pyridine rings is 1. The maximum absolute atomic E-state index is 13.5. The average molecular weight is 472 g/mol. The van der Waals surface area contributed by atoms with E-state index in [4.69, 9.17) is 19.7 Å². The van der Waals surface area contributed by atoms with E-state index in [-0.39, 0.29) is 11.9 Å². The van der Waals surface area contributed by atoms with Crippen LogP contribution in [-0.2, 0) is 6.54 Å². The van der Waals surface area contributed by atoms with E-state index in [0.717, 1.165) is 11.3 Å². The molecule has 0 spiro atoms. The Kier molecular flexibility index (Phi) is 5.82. The van der Waals surface area contributed by atoms with Gasteiger partial charge in [0.1, 0.15) is 19.0 Å². The van der Waals surface area contributed by atoms with Gasteiger partial charge in [0.2, 0.25) is 0 Å². The van der Waals surface area contributed by atoms with Crippen LogP contribution in [0.5, 0.6) is 11.5 Å². The van der Waals surface area contributed by atoms with Crippen molar-refractivity contribution in [1.29, 1.82) is 5.26 Å². The molecule has 3 aromatic heterocycles. The Balaban J connectivity index is 1.59. The van der Waals surface area contributed by atoms with Crippen LogP contribution >= 0.6 is 0 Å². The van der Waals surface area contributed by atoms with Gasteiger partial charge in [0.25, 0.3) is 5.91 Å². The summed E-state index contributed by atoms with van der Waals surface area (Å²) in [6.45, 7) is 7.26. The van der Waals surface area contributed by atoms with Crippen LogP contribution in [-0.4, -0.2) is 43.7 Å². The van der Waals surface area contributed by atoms with Crippen molar-refractivity contribution < 1.29 is 14.3 Å². The molecule has 1 N–H and O–H groups in total. The first kappa shape index (κ1) is 22.4. The standard InChI is InChI=1S/C25H25N7O3/c1-15(2)32-24-19(14-27-32)18(25(33)29-23-11-16(3)30-31(23)8-4-7-26)13-20(28-24)17-5-6-21-22(12-17)35-10-9-34-21/h5-6,11-15H,4,8-10H2,1-3H3,(H,29,33). The number of rotatable bonds is 6. The number of ether oxygens (including phenoxy) is 2. The second-order valence-electron chi connectivity index (χ2n) is 8.59. The predicted octanol–water partition coefficient (Wildman–Crippen LogP) is 4.12. The molecule has 0 unspecified atom stereocenters. The van der Waals surface area contributed by atoms with Crippen molar-refractivity contribution in [2.24, 2.45) is 0 Å². The molecule has 0 saturated heterocycles. The molecule has 1 amide bonds. The van der Waals surface area contributed by atoms with Crippen LogP contribution in [0, 0.1) is 18.3 Å². The number of aromatic nitrogens is 5. The zero-order chi connectivity index (χ0) is 24.5. The predicted molar refractivity (Wildman–Crippen MR) is 129 cm³/mol. The summed E-state index contributed by atoms with van der Waals surface area (Å²) in [6, 6.07) is 11.3. The number of amides is 1. The Morgan fingerprint density at radius 1 is 1.20 bits per heavy atom. The highest BCUT2D eigenvalue weighted by Gasteiger charge is 2.21. The van der Waals surface area contributed by atoms with Crippen molar-refractivity contribution >= 4 is 22.8 Å². The fourth-order valence-corrected chi connectivity index (χ4v) is 4.09. The molecule has 0 aliphatic carbocycles. The molecule has 1 aliphatic heterocycles. The first-order valence-corrected chi connectivity index (χ1v) is 11.5. The molecule has 0 fully saturated rings. The number of hydrogen-bond donors (Lipinski definition) is 1. The van der Waals surface area contributed by atoms with Crippen molar-refractivity contribution in [2.45, 2.75) is 39.8 Å². The minimum Gasteiger partial charge on any atom is -0.486 e. The fraction of sp³-hybridized carbons (Fsp3) is 0.320. The van der Waals surface area contributed by atoms with Gasteiger partial charge in [0, 0.05) is 17.7 Å². The summed E-state index contributed by atoms with van der Waals surface area (Å²) in [4.78, 5) is 18.4. The van der Waals surface area contributed by atoms with Gasteiger partial charge >= 0.3 is 0 Å². The average Bonchev–Trinajstić information content (AvgIpc) is 3.44. The van der Waals surface area contributed by atoms with Gasteiger partial charge in [-0.15, -0.1) is 0 Å². The highest BCUT2D eigenvalue weighted by molar-refractivity contribution is 6.12. The van der Waals surface area contributed by atoms with Crippen molar-refractivity contribution in [1.82, 2.24) is 24.5 Å². The zero-order valence-corrected chi connectivity index (χ0v) is 19.8. The Morgan fingerprint density at radius 3 is 2.77 bits per heavy atom. The van der Waals surface area contributed by atoms with E-state index in [0.29, 0.717) is 65.8 Å². The Hall–Kier alpha value is -4.39. The Bertz CT molecular complexity index is 1460. The maximum Gasteiger partial charge on any atom is 0.257 e. The highest BCUT2D eigenvalue weighted by atomic mass is 16.6. The first-order chi connectivity index (χ1) is 16.9. The zero-order valence-electron chi connectivity index (χ0n) is 19.8. The molecule has 178 valence electrons. The van der Waals surface area contributed by atoms with Crippen molar-refractivity contribution in [3.63, 3.8) is 0 Å². The van der Waals surface area contributed by atoms with Gasteiger partial charge in [0.15, 0.2) is 17.1 Å². The molecule has 4 heterocycles. The van der Waals surface area contributed by atoms with E-state index in [1.807, 2.05) is 39.0 Å². The van der Waals surface area contributed by atoms with Gasteiger partial charge in [-0.3, -0.25) is 4.79 Å². The van der Waals surface area contributed by atoms with Crippen LogP contribution in [0.1, 0.15) is 42.4 Å². The molecule has 35 heavy (non-hydrogen) atoms. The van der Waals surface area contributed by atoms with E-state index < -0.39 is 0 Å². The smallest absolute Gasteiger partial charge is 0.257 e. The van der Waals surface area contributed by atoms with Gasteiger partial charge in [-0.2, -0.15) is 15.5 Å². The number of anilines is 1. The van der Waals surface area contributed by atoms with E-state index in [1.165, 1.54) is 0 Å². The van der Waals surface area contributed by atoms with Crippen LogP contribution in [0.3, 0.4) is 0 Å². The van der Waals surface area contributed by atoms with Gasteiger partial charge in [-0.1, -0.05) is 0 Å². The Labute approximate surface area is 202 Å². The number of nitrogens with one attached hydrogen (secondary N) is 1. The lowest BCUT2D eigenvalue weighted by molar-refractivity contribution is 0.102. The molecular formula is C25H25N7O3. The molecule has 0 bridgehead atoms. The number of nitriles is 1. The molecule has 0 radical (unpaired) electrons. The SMILES string of the molecule is Cc1cc(NC(=O)c2cc(-c3ccc4c(c3)OCCO4)nc3c2cnn3C(C)C)n(CCC#N)n1. The largest absolute Gasteiger partial charge is 0.486 e. The molecular weight excluding hydrogens is 446 g/mol. The van der Waals surface area contributed by atoms with E-state index in [2.05, 4.69) is 21.6 Å². The molecule has 4 aromatic rings. The lowest BCUT2D eigenvalue weighted by Crippen LogP contribution is -2.17. The van der Waals surface area contributed by atoms with Crippen molar-refractivity contribution in [3.8, 4) is 28.8 Å². The number of benzene rings is 1. The summed E-state index contributed by atoms with van der Waals surface area (Å²) in [5, 5.41) is 21.4. The number of nitrogens with zero attached hydrogens (tertiary/aromatic N) is 6. The van der Waals surface area contributed by atoms with Crippen molar-refractivity contribution in [3.05, 3.63) is 47.8 Å². The summed E-state index contributed by atoms with van der Waals surface area (Å²) in [6.07, 6.45) is 1.96. The van der Waals surface area contributed by atoms with E-state index >= 15 is 0 Å². The number of carbonyl (C=O) groups excluding carboxylic acids is 1. The summed E-state index contributed by atoms with van der Waals surface area (Å²) in [5.74, 6) is 1.56. The minimum atomic E-state index is -0.308. The number of carbonyl (C=O) groups is 1. The molecule has 1 aliphatic rings. The van der Waals surface area contributed by atoms with E-state index in [9.17, 15) is 4.79 Å². The summed E-state index contributed by atoms with van der Waals surface area (Å²) >= 11 is 0. The monoisotopic (exact) mass is 471 g/mol. The lowest BCUT2D eigenvalue weighted by Gasteiger charge is -2.19. The summed E-state index contributed by atoms with van der Waals surface area (Å²) in [7, 11) is 0. The maximum atomic E-state index is 13.5. The summed E-state index contributed by atoms with van der Waals surface area (Å²) in [5.41, 5.74) is 3.24. The second kappa shape index (κ2) is 9.10. The third kappa shape index (κ3) is 4.28. The third-order valence-electron chi connectivity index (χ3n) is 5.72. The van der Waals surface area contributed by atoms with Crippen LogP contribution < -0.4 is 14.8 Å². The quantitative estimate of drug-likeness (QED) is 0.449. The third-order valence-corrected chi connectivity index (χ3v) is 5.72. The van der Waals surface area contributed by atoms with Gasteiger partial charge in [-0.05, 0) is 45.0 Å². The highest BCUT2D eigenvalue weighted by Crippen LogP contribution is 2.35. The normalized spacial score (nSPS) is 12.7. The molecule has 10 nitrogen and oxygen atoms in total. The van der Waals surface area contributed by atoms with Gasteiger partial charge < -0.3 is 14.8 Å². The van der Waals surface area contributed by atoms with Crippen LogP contribution in [0.4, 0.5) is 5.82 Å². The number of hydrogen-bond acceptors (Lipinski definition) is 7. The van der Waals surface area contributed by atoms with Crippen LogP contribution in [0.15, 0.2) is 36.5 Å². The summed E-state index contributed by atoms with van der Waals surface area (Å²) < 4.78 is 14.8. The Morgan fingerprint density at radius 2 is 2.00 bits per heavy atom. The lowest BCUT2D eigenvalue weighted by atomic mass is 10.1. The second-order valence-corrected chi connectivity index (χ2v) is 8.59. The fourth-order valence-electron chi connectivity index (χ4n) is 4.09. The van der Waals surface area contributed by atoms with E-state index in [1.54, 1.807) is 27.7 Å². The topological polar surface area (TPSA) is 120 Å². The molecule has 0 atom stereocenters. The van der Waals surface area contributed by atoms with Gasteiger partial charge in [0.05, 0.1) is 47.6 Å². The first-order valence-electron chi connectivity index (χ1n) is 11.5. The molecule has 0 saturated carbocycles. The molecule has 1 aromatic carbocycles. The van der Waals surface area contributed by atoms with Crippen LogP contribution in [0.25, 0.3) is 22.3 Å².